The number of hydrogen-bond donors (Lipinski definition) is 1. The molecule has 0 spiro atoms. The SMILES string of the molecule is Cc1nn(CC(=O)OCCc2ccncc2)c(C)c1N. The molecule has 0 atom stereocenters. The fraction of sp³-hybridized carbons (Fsp3) is 0.357. The smallest absolute Gasteiger partial charge is 0.327 e. The first-order chi connectivity index (χ1) is 9.58. The average Bonchev–Trinajstić information content (AvgIpc) is 2.67. The zero-order chi connectivity index (χ0) is 14.5. The van der Waals surface area contributed by atoms with E-state index in [1.807, 2.05) is 26.0 Å². The van der Waals surface area contributed by atoms with Crippen molar-refractivity contribution in [1.82, 2.24) is 14.8 Å². The Balaban J connectivity index is 1.82. The molecule has 0 bridgehead atoms. The van der Waals surface area contributed by atoms with Crippen molar-refractivity contribution in [2.24, 2.45) is 0 Å². The predicted octanol–water partition coefficient (Wildman–Crippen LogP) is 1.26. The summed E-state index contributed by atoms with van der Waals surface area (Å²) in [4.78, 5) is 15.7. The first kappa shape index (κ1) is 14.0. The lowest BCUT2D eigenvalue weighted by Crippen LogP contribution is -2.17. The first-order valence-electron chi connectivity index (χ1n) is 6.42. The Bertz CT molecular complexity index is 593. The molecule has 0 aliphatic heterocycles. The zero-order valence-corrected chi connectivity index (χ0v) is 11.7. The van der Waals surface area contributed by atoms with Crippen LogP contribution in [0.25, 0.3) is 0 Å². The lowest BCUT2D eigenvalue weighted by atomic mass is 10.2. The molecule has 2 heterocycles. The molecule has 0 aromatic carbocycles. The van der Waals surface area contributed by atoms with E-state index in [2.05, 4.69) is 10.1 Å². The molecule has 0 saturated carbocycles. The van der Waals surface area contributed by atoms with E-state index in [0.717, 1.165) is 17.0 Å². The number of ether oxygens (including phenoxy) is 1. The number of nitrogen functional groups attached to an aromatic ring is 1. The van der Waals surface area contributed by atoms with Gasteiger partial charge in [0.15, 0.2) is 0 Å². The van der Waals surface area contributed by atoms with Crippen LogP contribution in [0.2, 0.25) is 0 Å². The molecule has 106 valence electrons. The Morgan fingerprint density at radius 2 is 2.05 bits per heavy atom. The summed E-state index contributed by atoms with van der Waals surface area (Å²) in [5.41, 5.74) is 9.03. The van der Waals surface area contributed by atoms with E-state index >= 15 is 0 Å². The van der Waals surface area contributed by atoms with Crippen molar-refractivity contribution < 1.29 is 9.53 Å². The van der Waals surface area contributed by atoms with Crippen molar-refractivity contribution in [3.05, 3.63) is 41.5 Å². The number of carbonyl (C=O) groups excluding carboxylic acids is 1. The van der Waals surface area contributed by atoms with E-state index in [9.17, 15) is 4.79 Å². The Morgan fingerprint density at radius 1 is 1.35 bits per heavy atom. The van der Waals surface area contributed by atoms with Crippen LogP contribution in [0.5, 0.6) is 0 Å². The van der Waals surface area contributed by atoms with Crippen molar-refractivity contribution >= 4 is 11.7 Å². The maximum Gasteiger partial charge on any atom is 0.327 e. The summed E-state index contributed by atoms with van der Waals surface area (Å²) in [6.45, 7) is 4.07. The van der Waals surface area contributed by atoms with Crippen LogP contribution in [0.3, 0.4) is 0 Å². The highest BCUT2D eigenvalue weighted by Gasteiger charge is 2.12. The largest absolute Gasteiger partial charge is 0.464 e. The van der Waals surface area contributed by atoms with Crippen LogP contribution >= 0.6 is 0 Å². The topological polar surface area (TPSA) is 83.0 Å². The molecule has 0 unspecified atom stereocenters. The van der Waals surface area contributed by atoms with E-state index < -0.39 is 0 Å². The van der Waals surface area contributed by atoms with E-state index in [1.165, 1.54) is 0 Å². The average molecular weight is 274 g/mol. The van der Waals surface area contributed by atoms with E-state index in [4.69, 9.17) is 10.5 Å². The van der Waals surface area contributed by atoms with Gasteiger partial charge in [-0.05, 0) is 31.5 Å². The quantitative estimate of drug-likeness (QED) is 0.830. The third kappa shape index (κ3) is 3.34. The van der Waals surface area contributed by atoms with Gasteiger partial charge >= 0.3 is 5.97 Å². The van der Waals surface area contributed by atoms with Crippen LogP contribution in [0.15, 0.2) is 24.5 Å². The number of esters is 1. The molecule has 0 radical (unpaired) electrons. The second kappa shape index (κ2) is 6.18. The Kier molecular flexibility index (Phi) is 4.34. The molecule has 2 N–H and O–H groups in total. The molecule has 2 rings (SSSR count). The summed E-state index contributed by atoms with van der Waals surface area (Å²) in [6, 6.07) is 3.80. The van der Waals surface area contributed by atoms with Crippen LogP contribution in [-0.4, -0.2) is 27.3 Å². The third-order valence-electron chi connectivity index (χ3n) is 3.12. The number of aryl methyl sites for hydroxylation is 1. The number of aromatic nitrogens is 3. The van der Waals surface area contributed by atoms with Crippen molar-refractivity contribution in [3.63, 3.8) is 0 Å². The molecule has 0 aliphatic carbocycles. The van der Waals surface area contributed by atoms with Gasteiger partial charge in [-0.2, -0.15) is 5.10 Å². The minimum absolute atomic E-state index is 0.0836. The molecule has 20 heavy (non-hydrogen) atoms. The summed E-state index contributed by atoms with van der Waals surface area (Å²) in [7, 11) is 0. The molecule has 0 amide bonds. The van der Waals surface area contributed by atoms with Crippen LogP contribution in [-0.2, 0) is 22.5 Å². The van der Waals surface area contributed by atoms with Gasteiger partial charge in [0.1, 0.15) is 6.54 Å². The standard InChI is InChI=1S/C14H18N4O2/c1-10-14(15)11(2)18(17-10)9-13(19)20-8-5-12-3-6-16-7-4-12/h3-4,6-7H,5,8-9,15H2,1-2H3. The van der Waals surface area contributed by atoms with Crippen molar-refractivity contribution in [3.8, 4) is 0 Å². The van der Waals surface area contributed by atoms with Gasteiger partial charge in [-0.15, -0.1) is 0 Å². The second-order valence-electron chi connectivity index (χ2n) is 4.57. The number of nitrogens with two attached hydrogens (primary N) is 1. The van der Waals surface area contributed by atoms with Gasteiger partial charge in [0.05, 0.1) is 23.7 Å². The fourth-order valence-corrected chi connectivity index (χ4v) is 1.86. The van der Waals surface area contributed by atoms with Crippen LogP contribution in [0.1, 0.15) is 17.0 Å². The van der Waals surface area contributed by atoms with Gasteiger partial charge < -0.3 is 10.5 Å². The lowest BCUT2D eigenvalue weighted by molar-refractivity contribution is -0.144. The van der Waals surface area contributed by atoms with Gasteiger partial charge in [-0.1, -0.05) is 0 Å². The van der Waals surface area contributed by atoms with Crippen molar-refractivity contribution in [2.75, 3.05) is 12.3 Å². The van der Waals surface area contributed by atoms with Crippen molar-refractivity contribution in [1.29, 1.82) is 0 Å². The molecular weight excluding hydrogens is 256 g/mol. The van der Waals surface area contributed by atoms with E-state index in [-0.39, 0.29) is 12.5 Å². The highest BCUT2D eigenvalue weighted by molar-refractivity contribution is 5.69. The monoisotopic (exact) mass is 274 g/mol. The minimum atomic E-state index is -0.315. The number of rotatable bonds is 5. The van der Waals surface area contributed by atoms with E-state index in [0.29, 0.717) is 18.7 Å². The van der Waals surface area contributed by atoms with Gasteiger partial charge in [-0.25, -0.2) is 0 Å². The molecule has 0 saturated heterocycles. The summed E-state index contributed by atoms with van der Waals surface area (Å²) in [6.07, 6.45) is 4.11. The van der Waals surface area contributed by atoms with E-state index in [1.54, 1.807) is 17.1 Å². The molecular formula is C14H18N4O2. The van der Waals surface area contributed by atoms with Crippen molar-refractivity contribution in [2.45, 2.75) is 26.8 Å². The van der Waals surface area contributed by atoms with Gasteiger partial charge in [0, 0.05) is 18.8 Å². The number of anilines is 1. The maximum atomic E-state index is 11.7. The summed E-state index contributed by atoms with van der Waals surface area (Å²) >= 11 is 0. The molecule has 2 aromatic heterocycles. The molecule has 6 heteroatoms. The Hall–Kier alpha value is -2.37. The summed E-state index contributed by atoms with van der Waals surface area (Å²) in [5, 5.41) is 4.20. The highest BCUT2D eigenvalue weighted by Crippen LogP contribution is 2.14. The Labute approximate surface area is 117 Å². The normalized spacial score (nSPS) is 10.5. The molecule has 6 nitrogen and oxygen atoms in total. The summed E-state index contributed by atoms with van der Waals surface area (Å²) in [5.74, 6) is -0.315. The van der Waals surface area contributed by atoms with Crippen LogP contribution in [0, 0.1) is 13.8 Å². The fourth-order valence-electron chi connectivity index (χ4n) is 1.86. The molecule has 0 aliphatic rings. The highest BCUT2D eigenvalue weighted by atomic mass is 16.5. The third-order valence-corrected chi connectivity index (χ3v) is 3.12. The number of hydrogen-bond acceptors (Lipinski definition) is 5. The number of pyridine rings is 1. The second-order valence-corrected chi connectivity index (χ2v) is 4.57. The molecule has 2 aromatic rings. The maximum absolute atomic E-state index is 11.7. The van der Waals surface area contributed by atoms with Gasteiger partial charge in [-0.3, -0.25) is 14.5 Å². The van der Waals surface area contributed by atoms with Crippen LogP contribution < -0.4 is 5.73 Å². The van der Waals surface area contributed by atoms with Gasteiger partial charge in [0.2, 0.25) is 0 Å². The zero-order valence-electron chi connectivity index (χ0n) is 11.7. The lowest BCUT2D eigenvalue weighted by Gasteiger charge is -2.06. The van der Waals surface area contributed by atoms with Gasteiger partial charge in [0.25, 0.3) is 0 Å². The molecule has 0 fully saturated rings. The minimum Gasteiger partial charge on any atom is -0.464 e. The number of nitrogens with zero attached hydrogens (tertiary/aromatic N) is 3. The number of carbonyl (C=O) groups is 1. The summed E-state index contributed by atoms with van der Waals surface area (Å²) < 4.78 is 6.76. The predicted molar refractivity (Wildman–Crippen MR) is 75.0 cm³/mol. The Morgan fingerprint density at radius 3 is 2.65 bits per heavy atom. The first-order valence-corrected chi connectivity index (χ1v) is 6.42. The van der Waals surface area contributed by atoms with Crippen LogP contribution in [0.4, 0.5) is 5.69 Å².